The van der Waals surface area contributed by atoms with E-state index in [-0.39, 0.29) is 0 Å². The van der Waals surface area contributed by atoms with Crippen molar-refractivity contribution >= 4 is 11.3 Å². The molecule has 1 atom stereocenters. The monoisotopic (exact) mass is 289 g/mol. The van der Waals surface area contributed by atoms with Crippen molar-refractivity contribution < 1.29 is 0 Å². The van der Waals surface area contributed by atoms with E-state index in [1.165, 1.54) is 29.7 Å². The Morgan fingerprint density at radius 1 is 1.40 bits per heavy atom. The van der Waals surface area contributed by atoms with Gasteiger partial charge in [-0.3, -0.25) is 0 Å². The number of likely N-dealkylation sites (N-methyl/N-ethyl adjacent to an activating group) is 1. The number of thiophene rings is 1. The van der Waals surface area contributed by atoms with Crippen molar-refractivity contribution in [1.29, 1.82) is 0 Å². The van der Waals surface area contributed by atoms with E-state index in [2.05, 4.69) is 49.5 Å². The van der Waals surface area contributed by atoms with Gasteiger partial charge in [-0.1, -0.05) is 50.8 Å². The van der Waals surface area contributed by atoms with Crippen molar-refractivity contribution in [2.45, 2.75) is 32.1 Å². The van der Waals surface area contributed by atoms with Crippen LogP contribution in [0.4, 0.5) is 0 Å². The lowest BCUT2D eigenvalue weighted by molar-refractivity contribution is 0.340. The number of nitrogens with zero attached hydrogens (tertiary/aromatic N) is 1. The zero-order valence-electron chi connectivity index (χ0n) is 12.8. The topological polar surface area (TPSA) is 3.24 Å². The molecule has 0 radical (unpaired) electrons. The van der Waals surface area contributed by atoms with Crippen molar-refractivity contribution in [3.05, 3.63) is 59.3 Å². The molecule has 0 aliphatic carbocycles. The van der Waals surface area contributed by atoms with Gasteiger partial charge in [0.05, 0.1) is 0 Å². The molecule has 0 amide bonds. The minimum atomic E-state index is 0.706. The summed E-state index contributed by atoms with van der Waals surface area (Å²) in [6.45, 7) is 11.9. The predicted molar refractivity (Wildman–Crippen MR) is 92.6 cm³/mol. The summed E-state index contributed by atoms with van der Waals surface area (Å²) in [6, 6.07) is 4.44. The second kappa shape index (κ2) is 9.73. The Hall–Kier alpha value is -1.12. The van der Waals surface area contributed by atoms with E-state index in [4.69, 9.17) is 0 Å². The number of allylic oxidation sites excluding steroid dienone is 2. The van der Waals surface area contributed by atoms with E-state index >= 15 is 0 Å². The largest absolute Gasteiger partial charge is 0.302 e. The third kappa shape index (κ3) is 5.89. The van der Waals surface area contributed by atoms with E-state index < -0.39 is 0 Å². The molecule has 1 nitrogen and oxygen atoms in total. The first kappa shape index (κ1) is 16.9. The third-order valence-electron chi connectivity index (χ3n) is 3.49. The lowest BCUT2D eigenvalue weighted by Crippen LogP contribution is -2.23. The molecule has 1 aromatic heterocycles. The lowest BCUT2D eigenvalue weighted by Gasteiger charge is -2.21. The van der Waals surface area contributed by atoms with Crippen molar-refractivity contribution in [1.82, 2.24) is 4.90 Å². The van der Waals surface area contributed by atoms with E-state index in [9.17, 15) is 0 Å². The summed E-state index contributed by atoms with van der Waals surface area (Å²) in [5.41, 5.74) is 1.23. The van der Waals surface area contributed by atoms with Gasteiger partial charge in [0.15, 0.2) is 0 Å². The van der Waals surface area contributed by atoms with Gasteiger partial charge < -0.3 is 4.90 Å². The van der Waals surface area contributed by atoms with Gasteiger partial charge in [0.2, 0.25) is 0 Å². The van der Waals surface area contributed by atoms with Crippen LogP contribution in [0.5, 0.6) is 0 Å². The maximum absolute atomic E-state index is 3.86. The van der Waals surface area contributed by atoms with Crippen molar-refractivity contribution in [2.24, 2.45) is 0 Å². The van der Waals surface area contributed by atoms with Crippen LogP contribution in [0.15, 0.2) is 54.5 Å². The average molecular weight is 289 g/mol. The molecule has 0 aliphatic heterocycles. The van der Waals surface area contributed by atoms with Gasteiger partial charge >= 0.3 is 0 Å². The van der Waals surface area contributed by atoms with Crippen molar-refractivity contribution in [3.8, 4) is 0 Å². The first-order valence-corrected chi connectivity index (χ1v) is 8.25. The van der Waals surface area contributed by atoms with Gasteiger partial charge in [0.25, 0.3) is 0 Å². The first-order valence-electron chi connectivity index (χ1n) is 7.37. The summed E-state index contributed by atoms with van der Waals surface area (Å²) < 4.78 is 0. The summed E-state index contributed by atoms with van der Waals surface area (Å²) in [4.78, 5) is 3.90. The Bertz CT molecular complexity index is 417. The minimum Gasteiger partial charge on any atom is -0.302 e. The fourth-order valence-corrected chi connectivity index (χ4v) is 3.30. The first-order chi connectivity index (χ1) is 9.71. The van der Waals surface area contributed by atoms with Gasteiger partial charge in [-0.2, -0.15) is 0 Å². The van der Waals surface area contributed by atoms with Crippen molar-refractivity contribution in [2.75, 3.05) is 20.1 Å². The molecule has 0 saturated heterocycles. The number of hydrogen-bond donors (Lipinski definition) is 0. The third-order valence-corrected chi connectivity index (χ3v) is 4.52. The van der Waals surface area contributed by atoms with Crippen LogP contribution in [0.2, 0.25) is 0 Å². The van der Waals surface area contributed by atoms with Crippen LogP contribution in [0.1, 0.15) is 37.0 Å². The number of hydrogen-bond acceptors (Lipinski definition) is 2. The Morgan fingerprint density at radius 2 is 2.20 bits per heavy atom. The summed E-state index contributed by atoms with van der Waals surface area (Å²) in [6.07, 6.45) is 9.54. The molecule has 0 saturated carbocycles. The predicted octanol–water partition coefficient (Wildman–Crippen LogP) is 5.25. The van der Waals surface area contributed by atoms with Crippen LogP contribution in [-0.4, -0.2) is 25.0 Å². The molecule has 1 unspecified atom stereocenters. The Kier molecular flexibility index (Phi) is 8.24. The zero-order chi connectivity index (χ0) is 14.8. The van der Waals surface area contributed by atoms with Crippen LogP contribution >= 0.6 is 11.3 Å². The molecule has 2 heteroatoms. The highest BCUT2D eigenvalue weighted by Crippen LogP contribution is 2.28. The smallest absolute Gasteiger partial charge is 0.0230 e. The maximum atomic E-state index is 3.86. The Labute approximate surface area is 128 Å². The van der Waals surface area contributed by atoms with Gasteiger partial charge in [-0.25, -0.2) is 0 Å². The molecular weight excluding hydrogens is 262 g/mol. The molecule has 0 aliphatic rings. The fraction of sp³-hybridized carbons (Fsp3) is 0.444. The Balaban J connectivity index is 2.48. The SMILES string of the molecule is C=C/C=C(\C=C)CN(C)CCC(CCC)c1cccs1. The van der Waals surface area contributed by atoms with Crippen LogP contribution in [0.25, 0.3) is 0 Å². The fourth-order valence-electron chi connectivity index (χ4n) is 2.40. The molecule has 1 heterocycles. The van der Waals surface area contributed by atoms with E-state index in [1.807, 2.05) is 29.6 Å². The summed E-state index contributed by atoms with van der Waals surface area (Å²) in [5, 5.41) is 2.18. The summed E-state index contributed by atoms with van der Waals surface area (Å²) >= 11 is 1.89. The molecule has 110 valence electrons. The van der Waals surface area contributed by atoms with Crippen LogP contribution < -0.4 is 0 Å². The van der Waals surface area contributed by atoms with E-state index in [1.54, 1.807) is 0 Å². The van der Waals surface area contributed by atoms with Gasteiger partial charge in [0, 0.05) is 11.4 Å². The normalized spacial score (nSPS) is 13.4. The standard InChI is InChI=1S/C18H27NS/c1-5-9-16(7-3)15-19(4)13-12-17(10-6-2)18-11-8-14-20-18/h5,7-9,11,14,17H,1,3,6,10,12-13,15H2,2,4H3/b16-9+. The summed E-state index contributed by atoms with van der Waals surface area (Å²) in [5.74, 6) is 0.706. The highest BCUT2D eigenvalue weighted by atomic mass is 32.1. The van der Waals surface area contributed by atoms with Crippen LogP contribution in [-0.2, 0) is 0 Å². The lowest BCUT2D eigenvalue weighted by atomic mass is 9.97. The maximum Gasteiger partial charge on any atom is 0.0230 e. The van der Waals surface area contributed by atoms with Gasteiger partial charge in [-0.05, 0) is 49.4 Å². The van der Waals surface area contributed by atoms with Gasteiger partial charge in [-0.15, -0.1) is 11.3 Å². The molecular formula is C18H27NS. The summed E-state index contributed by atoms with van der Waals surface area (Å²) in [7, 11) is 2.18. The zero-order valence-corrected chi connectivity index (χ0v) is 13.7. The van der Waals surface area contributed by atoms with E-state index in [0.29, 0.717) is 5.92 Å². The minimum absolute atomic E-state index is 0.706. The molecule has 1 rings (SSSR count). The molecule has 0 spiro atoms. The average Bonchev–Trinajstić information content (AvgIpc) is 2.97. The van der Waals surface area contributed by atoms with Crippen LogP contribution in [0.3, 0.4) is 0 Å². The number of rotatable bonds is 10. The molecule has 0 aromatic carbocycles. The highest BCUT2D eigenvalue weighted by Gasteiger charge is 2.12. The molecule has 0 bridgehead atoms. The second-order valence-electron chi connectivity index (χ2n) is 5.21. The van der Waals surface area contributed by atoms with Crippen LogP contribution in [0, 0.1) is 0 Å². The Morgan fingerprint density at radius 3 is 2.75 bits per heavy atom. The van der Waals surface area contributed by atoms with Crippen molar-refractivity contribution in [3.63, 3.8) is 0 Å². The molecule has 0 fully saturated rings. The molecule has 0 N–H and O–H groups in total. The quantitative estimate of drug-likeness (QED) is 0.532. The molecule has 1 aromatic rings. The highest BCUT2D eigenvalue weighted by molar-refractivity contribution is 7.10. The van der Waals surface area contributed by atoms with Gasteiger partial charge in [0.1, 0.15) is 0 Å². The van der Waals surface area contributed by atoms with E-state index in [0.717, 1.165) is 13.1 Å². The second-order valence-corrected chi connectivity index (χ2v) is 6.19. The molecule has 20 heavy (non-hydrogen) atoms.